The minimum atomic E-state index is -1.06. The van der Waals surface area contributed by atoms with Gasteiger partial charge >= 0.3 is 5.97 Å². The molecule has 2 bridgehead atoms. The molecule has 4 heteroatoms. The number of hydrogen-bond acceptors (Lipinski definition) is 2. The second-order valence-electron chi connectivity index (χ2n) is 4.23. The second-order valence-corrected chi connectivity index (χ2v) is 4.23. The standard InChI is InChI=1S/C11H15NO3/c13-10(6-7-11(14)15)12-8-2-1-3-9(12)5-4-8/h6-9H,1-5H2,(H,14,15)/b7-6-. The van der Waals surface area contributed by atoms with E-state index < -0.39 is 5.97 Å². The van der Waals surface area contributed by atoms with Crippen LogP contribution in [0.3, 0.4) is 0 Å². The Balaban J connectivity index is 2.04. The van der Waals surface area contributed by atoms with Crippen LogP contribution in [0.5, 0.6) is 0 Å². The van der Waals surface area contributed by atoms with E-state index in [4.69, 9.17) is 5.11 Å². The van der Waals surface area contributed by atoms with Gasteiger partial charge in [0.2, 0.25) is 5.91 Å². The van der Waals surface area contributed by atoms with Crippen LogP contribution in [0.15, 0.2) is 12.2 Å². The summed E-state index contributed by atoms with van der Waals surface area (Å²) in [5.41, 5.74) is 0. The molecule has 0 spiro atoms. The highest BCUT2D eigenvalue weighted by Crippen LogP contribution is 2.35. The Hall–Kier alpha value is -1.32. The van der Waals surface area contributed by atoms with Crippen molar-refractivity contribution in [2.24, 2.45) is 0 Å². The molecule has 1 N–H and O–H groups in total. The van der Waals surface area contributed by atoms with Gasteiger partial charge in [-0.1, -0.05) is 0 Å². The van der Waals surface area contributed by atoms with E-state index in [2.05, 4.69) is 0 Å². The predicted octanol–water partition coefficient (Wildman–Crippen LogP) is 1.17. The maximum Gasteiger partial charge on any atom is 0.328 e. The third-order valence-corrected chi connectivity index (χ3v) is 3.32. The van der Waals surface area contributed by atoms with E-state index >= 15 is 0 Å². The van der Waals surface area contributed by atoms with Gasteiger partial charge in [-0.2, -0.15) is 0 Å². The van der Waals surface area contributed by atoms with Crippen LogP contribution in [0, 0.1) is 0 Å². The molecule has 2 rings (SSSR count). The Bertz CT molecular complexity index is 295. The highest BCUT2D eigenvalue weighted by molar-refractivity contribution is 5.94. The fourth-order valence-corrected chi connectivity index (χ4v) is 2.71. The molecule has 1 amide bonds. The molecule has 82 valence electrons. The van der Waals surface area contributed by atoms with Crippen LogP contribution >= 0.6 is 0 Å². The Morgan fingerprint density at radius 1 is 1.07 bits per heavy atom. The average molecular weight is 209 g/mol. The van der Waals surface area contributed by atoms with Gasteiger partial charge in [0.05, 0.1) is 0 Å². The van der Waals surface area contributed by atoms with E-state index in [-0.39, 0.29) is 5.91 Å². The molecular weight excluding hydrogens is 194 g/mol. The molecule has 2 aliphatic heterocycles. The van der Waals surface area contributed by atoms with E-state index in [1.54, 1.807) is 0 Å². The van der Waals surface area contributed by atoms with Crippen LogP contribution < -0.4 is 0 Å². The van der Waals surface area contributed by atoms with Gasteiger partial charge in [-0.15, -0.1) is 0 Å². The fourth-order valence-electron chi connectivity index (χ4n) is 2.71. The molecule has 0 aromatic heterocycles. The molecule has 2 aliphatic rings. The monoisotopic (exact) mass is 209 g/mol. The number of piperidine rings is 1. The molecule has 0 aliphatic carbocycles. The molecule has 2 unspecified atom stereocenters. The minimum Gasteiger partial charge on any atom is -0.478 e. The number of carbonyl (C=O) groups is 2. The first-order valence-corrected chi connectivity index (χ1v) is 5.42. The van der Waals surface area contributed by atoms with E-state index in [1.165, 1.54) is 12.5 Å². The molecule has 15 heavy (non-hydrogen) atoms. The SMILES string of the molecule is O=C(O)/C=C\C(=O)N1C2CCCC1CC2. The van der Waals surface area contributed by atoms with Crippen molar-refractivity contribution in [3.05, 3.63) is 12.2 Å². The van der Waals surface area contributed by atoms with Gasteiger partial charge in [0.25, 0.3) is 0 Å². The summed E-state index contributed by atoms with van der Waals surface area (Å²) in [4.78, 5) is 23.9. The van der Waals surface area contributed by atoms with Crippen LogP contribution in [0.4, 0.5) is 0 Å². The van der Waals surface area contributed by atoms with Crippen LogP contribution in [0.1, 0.15) is 32.1 Å². The molecule has 0 aromatic carbocycles. The zero-order chi connectivity index (χ0) is 10.8. The van der Waals surface area contributed by atoms with E-state index in [0.29, 0.717) is 12.1 Å². The van der Waals surface area contributed by atoms with Crippen molar-refractivity contribution in [1.29, 1.82) is 0 Å². The maximum absolute atomic E-state index is 11.7. The van der Waals surface area contributed by atoms with Crippen molar-refractivity contribution in [2.75, 3.05) is 0 Å². The molecular formula is C11H15NO3. The summed E-state index contributed by atoms with van der Waals surface area (Å²) in [6.07, 6.45) is 7.61. The van der Waals surface area contributed by atoms with Gasteiger partial charge in [-0.25, -0.2) is 4.79 Å². The van der Waals surface area contributed by atoms with Crippen LogP contribution in [-0.4, -0.2) is 34.0 Å². The van der Waals surface area contributed by atoms with Crippen molar-refractivity contribution in [1.82, 2.24) is 4.90 Å². The lowest BCUT2D eigenvalue weighted by molar-refractivity contribution is -0.133. The minimum absolute atomic E-state index is 0.135. The molecule has 2 fully saturated rings. The summed E-state index contributed by atoms with van der Waals surface area (Å²) in [6, 6.07) is 0.712. The van der Waals surface area contributed by atoms with Gasteiger partial charge in [0, 0.05) is 24.2 Å². The van der Waals surface area contributed by atoms with E-state index in [9.17, 15) is 9.59 Å². The molecule has 2 heterocycles. The largest absolute Gasteiger partial charge is 0.478 e. The predicted molar refractivity (Wildman–Crippen MR) is 54.3 cm³/mol. The Labute approximate surface area is 88.6 Å². The fraction of sp³-hybridized carbons (Fsp3) is 0.636. The van der Waals surface area contributed by atoms with Crippen molar-refractivity contribution < 1.29 is 14.7 Å². The number of nitrogens with zero attached hydrogens (tertiary/aromatic N) is 1. The zero-order valence-corrected chi connectivity index (χ0v) is 8.56. The van der Waals surface area contributed by atoms with Crippen LogP contribution in [0.2, 0.25) is 0 Å². The van der Waals surface area contributed by atoms with Crippen molar-refractivity contribution in [3.8, 4) is 0 Å². The summed E-state index contributed by atoms with van der Waals surface area (Å²) in [5, 5.41) is 8.45. The number of carboxylic acid groups (broad SMARTS) is 1. The van der Waals surface area contributed by atoms with Gasteiger partial charge in [-0.3, -0.25) is 4.79 Å². The quantitative estimate of drug-likeness (QED) is 0.694. The van der Waals surface area contributed by atoms with Crippen molar-refractivity contribution in [2.45, 2.75) is 44.2 Å². The molecule has 0 radical (unpaired) electrons. The molecule has 2 atom stereocenters. The summed E-state index contributed by atoms with van der Waals surface area (Å²) >= 11 is 0. The second kappa shape index (κ2) is 4.04. The van der Waals surface area contributed by atoms with Crippen LogP contribution in [0.25, 0.3) is 0 Å². The Morgan fingerprint density at radius 2 is 1.67 bits per heavy atom. The number of fused-ring (bicyclic) bond motifs is 2. The Morgan fingerprint density at radius 3 is 2.20 bits per heavy atom. The normalized spacial score (nSPS) is 29.7. The van der Waals surface area contributed by atoms with E-state index in [0.717, 1.165) is 31.8 Å². The van der Waals surface area contributed by atoms with Gasteiger partial charge in [0.1, 0.15) is 0 Å². The van der Waals surface area contributed by atoms with Gasteiger partial charge in [-0.05, 0) is 32.1 Å². The van der Waals surface area contributed by atoms with Gasteiger partial charge in [0.15, 0.2) is 0 Å². The number of amides is 1. The first kappa shape index (κ1) is 10.2. The lowest BCUT2D eigenvalue weighted by atomic mass is 10.0. The van der Waals surface area contributed by atoms with Crippen molar-refractivity contribution in [3.63, 3.8) is 0 Å². The van der Waals surface area contributed by atoms with Crippen LogP contribution in [-0.2, 0) is 9.59 Å². The van der Waals surface area contributed by atoms with Crippen molar-refractivity contribution >= 4 is 11.9 Å². The number of carboxylic acids is 1. The number of hydrogen-bond donors (Lipinski definition) is 1. The van der Waals surface area contributed by atoms with Gasteiger partial charge < -0.3 is 10.0 Å². The molecule has 2 saturated heterocycles. The topological polar surface area (TPSA) is 57.6 Å². The number of carbonyl (C=O) groups excluding carboxylic acids is 1. The third kappa shape index (κ3) is 2.03. The lowest BCUT2D eigenvalue weighted by Gasteiger charge is -2.33. The smallest absolute Gasteiger partial charge is 0.328 e. The lowest BCUT2D eigenvalue weighted by Crippen LogP contribution is -2.43. The summed E-state index contributed by atoms with van der Waals surface area (Å²) in [7, 11) is 0. The summed E-state index contributed by atoms with van der Waals surface area (Å²) in [5.74, 6) is -1.20. The molecule has 0 aromatic rings. The first-order valence-electron chi connectivity index (χ1n) is 5.42. The summed E-state index contributed by atoms with van der Waals surface area (Å²) in [6.45, 7) is 0. The molecule has 0 saturated carbocycles. The number of aliphatic carboxylic acids is 1. The number of rotatable bonds is 2. The maximum atomic E-state index is 11.7. The highest BCUT2D eigenvalue weighted by Gasteiger charge is 2.38. The van der Waals surface area contributed by atoms with E-state index in [1.807, 2.05) is 4.90 Å². The Kier molecular flexibility index (Phi) is 2.75. The first-order chi connectivity index (χ1) is 7.18. The third-order valence-electron chi connectivity index (χ3n) is 3.32. The zero-order valence-electron chi connectivity index (χ0n) is 8.56. The highest BCUT2D eigenvalue weighted by atomic mass is 16.4. The summed E-state index contributed by atoms with van der Waals surface area (Å²) < 4.78 is 0. The molecule has 4 nitrogen and oxygen atoms in total. The average Bonchev–Trinajstić information content (AvgIpc) is 2.45.